The van der Waals surface area contributed by atoms with Crippen molar-refractivity contribution < 1.29 is 9.21 Å². The zero-order valence-electron chi connectivity index (χ0n) is 16.3. The molecule has 1 N–H and O–H groups in total. The number of fused-ring (bicyclic) bond motifs is 1. The largest absolute Gasteiger partial charge is 0.467 e. The number of hydrogen-bond acceptors (Lipinski definition) is 5. The molecule has 0 aliphatic carbocycles. The van der Waals surface area contributed by atoms with Gasteiger partial charge in [0, 0.05) is 5.02 Å². The van der Waals surface area contributed by atoms with Crippen LogP contribution in [-0.2, 0) is 11.3 Å². The number of carbonyl (C=O) groups is 1. The predicted molar refractivity (Wildman–Crippen MR) is 124 cm³/mol. The zero-order chi connectivity index (χ0) is 22.0. The first-order valence-electron chi connectivity index (χ1n) is 9.37. The lowest BCUT2D eigenvalue weighted by Crippen LogP contribution is -2.27. The Kier molecular flexibility index (Phi) is 6.36. The number of anilines is 1. The van der Waals surface area contributed by atoms with Gasteiger partial charge in [0.25, 0.3) is 5.56 Å². The van der Waals surface area contributed by atoms with Gasteiger partial charge in [0.1, 0.15) is 5.76 Å². The van der Waals surface area contributed by atoms with Crippen LogP contribution in [-0.4, -0.2) is 20.7 Å². The van der Waals surface area contributed by atoms with E-state index in [0.717, 1.165) is 0 Å². The molecule has 0 aliphatic rings. The summed E-state index contributed by atoms with van der Waals surface area (Å²) in [6.45, 7) is 1.95. The SMILES string of the molecule is C[C@@H](Sc1nc2ccccc2c(=O)n1Cc1ccco1)C(=O)Nc1ccc(Cl)cc1Cl. The maximum atomic E-state index is 13.1. The summed E-state index contributed by atoms with van der Waals surface area (Å²) in [7, 11) is 0. The van der Waals surface area contributed by atoms with Crippen LogP contribution in [0.15, 0.2) is 75.2 Å². The number of furan rings is 1. The fraction of sp³-hybridized carbons (Fsp3) is 0.136. The van der Waals surface area contributed by atoms with Gasteiger partial charge < -0.3 is 9.73 Å². The van der Waals surface area contributed by atoms with Gasteiger partial charge in [-0.05, 0) is 49.4 Å². The fourth-order valence-electron chi connectivity index (χ4n) is 2.97. The number of amides is 1. The van der Waals surface area contributed by atoms with Crippen molar-refractivity contribution in [1.29, 1.82) is 0 Å². The molecular weight excluding hydrogens is 457 g/mol. The van der Waals surface area contributed by atoms with Gasteiger partial charge in [0.2, 0.25) is 5.91 Å². The monoisotopic (exact) mass is 473 g/mol. The molecule has 0 unspecified atom stereocenters. The topological polar surface area (TPSA) is 77.1 Å². The van der Waals surface area contributed by atoms with Gasteiger partial charge in [-0.3, -0.25) is 14.2 Å². The summed E-state index contributed by atoms with van der Waals surface area (Å²) in [6, 6.07) is 15.5. The highest BCUT2D eigenvalue weighted by atomic mass is 35.5. The molecule has 0 saturated heterocycles. The Balaban J connectivity index is 1.64. The van der Waals surface area contributed by atoms with Crippen LogP contribution < -0.4 is 10.9 Å². The van der Waals surface area contributed by atoms with Gasteiger partial charge in [0.05, 0.1) is 39.7 Å². The van der Waals surface area contributed by atoms with Gasteiger partial charge >= 0.3 is 0 Å². The van der Waals surface area contributed by atoms with Crippen molar-refractivity contribution in [2.24, 2.45) is 0 Å². The molecule has 31 heavy (non-hydrogen) atoms. The highest BCUT2D eigenvalue weighted by Gasteiger charge is 2.21. The standard InChI is InChI=1S/C22H17Cl2N3O3S/c1-13(20(28)25-19-9-8-14(23)11-17(19)24)31-22-26-18-7-3-2-6-16(18)21(29)27(22)12-15-5-4-10-30-15/h2-11,13H,12H2,1H3,(H,25,28)/t13-/m1/s1. The normalized spacial score (nSPS) is 12.1. The number of rotatable bonds is 6. The predicted octanol–water partition coefficient (Wildman–Crippen LogP) is 5.46. The summed E-state index contributed by atoms with van der Waals surface area (Å²) in [5, 5.41) is 3.99. The quantitative estimate of drug-likeness (QED) is 0.297. The second-order valence-corrected chi connectivity index (χ2v) is 8.91. The van der Waals surface area contributed by atoms with Crippen LogP contribution >= 0.6 is 35.0 Å². The summed E-state index contributed by atoms with van der Waals surface area (Å²) >= 11 is 13.3. The van der Waals surface area contributed by atoms with E-state index in [1.54, 1.807) is 61.7 Å². The van der Waals surface area contributed by atoms with Gasteiger partial charge in [-0.2, -0.15) is 0 Å². The number of aromatic nitrogens is 2. The van der Waals surface area contributed by atoms with Crippen LogP contribution in [0, 0.1) is 0 Å². The third-order valence-corrected chi connectivity index (χ3v) is 6.20. The highest BCUT2D eigenvalue weighted by Crippen LogP contribution is 2.28. The smallest absolute Gasteiger partial charge is 0.262 e. The maximum absolute atomic E-state index is 13.1. The molecule has 1 atom stereocenters. The molecule has 0 spiro atoms. The second kappa shape index (κ2) is 9.18. The van der Waals surface area contributed by atoms with E-state index >= 15 is 0 Å². The van der Waals surface area contributed by atoms with E-state index in [-0.39, 0.29) is 18.0 Å². The molecule has 6 nitrogen and oxygen atoms in total. The zero-order valence-corrected chi connectivity index (χ0v) is 18.7. The Morgan fingerprint density at radius 3 is 2.74 bits per heavy atom. The molecule has 4 aromatic rings. The number of hydrogen-bond donors (Lipinski definition) is 1. The molecule has 1 amide bonds. The first-order valence-corrected chi connectivity index (χ1v) is 11.0. The Hall–Kier alpha value is -2.74. The van der Waals surface area contributed by atoms with Crippen molar-refractivity contribution in [3.63, 3.8) is 0 Å². The molecule has 2 heterocycles. The summed E-state index contributed by atoms with van der Waals surface area (Å²) in [6.07, 6.45) is 1.55. The first-order chi connectivity index (χ1) is 14.9. The minimum Gasteiger partial charge on any atom is -0.467 e. The lowest BCUT2D eigenvalue weighted by molar-refractivity contribution is -0.115. The Labute approximate surface area is 192 Å². The van der Waals surface area contributed by atoms with E-state index in [0.29, 0.717) is 37.6 Å². The summed E-state index contributed by atoms with van der Waals surface area (Å²) in [5.41, 5.74) is 0.833. The van der Waals surface area contributed by atoms with E-state index in [9.17, 15) is 9.59 Å². The molecule has 0 fully saturated rings. The van der Waals surface area contributed by atoms with Crippen LogP contribution in [0.25, 0.3) is 10.9 Å². The lowest BCUT2D eigenvalue weighted by atomic mass is 10.2. The molecule has 4 rings (SSSR count). The average molecular weight is 474 g/mol. The van der Waals surface area contributed by atoms with E-state index in [1.165, 1.54) is 16.3 Å². The maximum Gasteiger partial charge on any atom is 0.262 e. The Morgan fingerprint density at radius 1 is 1.19 bits per heavy atom. The molecular formula is C22H17Cl2N3O3S. The lowest BCUT2D eigenvalue weighted by Gasteiger charge is -2.16. The van der Waals surface area contributed by atoms with Gasteiger partial charge in [-0.15, -0.1) is 0 Å². The number of halogens is 2. The summed E-state index contributed by atoms with van der Waals surface area (Å²) in [5.74, 6) is 0.340. The Bertz CT molecular complexity index is 1310. The summed E-state index contributed by atoms with van der Waals surface area (Å²) < 4.78 is 6.93. The molecule has 2 aromatic heterocycles. The average Bonchev–Trinajstić information content (AvgIpc) is 3.26. The van der Waals surface area contributed by atoms with E-state index in [1.807, 2.05) is 6.07 Å². The third-order valence-electron chi connectivity index (χ3n) is 4.56. The van der Waals surface area contributed by atoms with Gasteiger partial charge in [-0.25, -0.2) is 4.98 Å². The molecule has 9 heteroatoms. The number of nitrogens with one attached hydrogen (secondary N) is 1. The van der Waals surface area contributed by atoms with Gasteiger partial charge in [-0.1, -0.05) is 47.1 Å². The molecule has 158 valence electrons. The molecule has 0 saturated carbocycles. The van der Waals surface area contributed by atoms with Crippen LogP contribution in [0.2, 0.25) is 10.0 Å². The molecule has 0 aliphatic heterocycles. The van der Waals surface area contributed by atoms with Crippen molar-refractivity contribution in [1.82, 2.24) is 9.55 Å². The van der Waals surface area contributed by atoms with Crippen molar-refractivity contribution >= 4 is 57.5 Å². The highest BCUT2D eigenvalue weighted by molar-refractivity contribution is 8.00. The van der Waals surface area contributed by atoms with Crippen molar-refractivity contribution in [3.8, 4) is 0 Å². The number of para-hydroxylation sites is 1. The fourth-order valence-corrected chi connectivity index (χ4v) is 4.34. The number of thioether (sulfide) groups is 1. The van der Waals surface area contributed by atoms with E-state index in [4.69, 9.17) is 27.6 Å². The third kappa shape index (κ3) is 4.79. The second-order valence-electron chi connectivity index (χ2n) is 6.76. The minimum atomic E-state index is -0.553. The molecule has 2 aromatic carbocycles. The number of carbonyl (C=O) groups excluding carboxylic acids is 1. The van der Waals surface area contributed by atoms with Crippen molar-refractivity contribution in [2.75, 3.05) is 5.32 Å². The van der Waals surface area contributed by atoms with E-state index < -0.39 is 5.25 Å². The van der Waals surface area contributed by atoms with Crippen LogP contribution in [0.5, 0.6) is 0 Å². The molecule has 0 bridgehead atoms. The minimum absolute atomic E-state index is 0.196. The number of nitrogens with zero attached hydrogens (tertiary/aromatic N) is 2. The number of benzene rings is 2. The van der Waals surface area contributed by atoms with Crippen molar-refractivity contribution in [3.05, 3.63) is 87.0 Å². The summed E-state index contributed by atoms with van der Waals surface area (Å²) in [4.78, 5) is 30.5. The van der Waals surface area contributed by atoms with Crippen molar-refractivity contribution in [2.45, 2.75) is 23.9 Å². The van der Waals surface area contributed by atoms with E-state index in [2.05, 4.69) is 10.3 Å². The first kappa shape index (κ1) is 21.5. The van der Waals surface area contributed by atoms with Crippen LogP contribution in [0.4, 0.5) is 5.69 Å². The van der Waals surface area contributed by atoms with Gasteiger partial charge in [0.15, 0.2) is 5.16 Å². The van der Waals surface area contributed by atoms with Crippen LogP contribution in [0.1, 0.15) is 12.7 Å². The molecule has 0 radical (unpaired) electrons. The Morgan fingerprint density at radius 2 is 2.00 bits per heavy atom. The van der Waals surface area contributed by atoms with Crippen LogP contribution in [0.3, 0.4) is 0 Å².